The lowest BCUT2D eigenvalue weighted by atomic mass is 9.36. The Labute approximate surface area is 212 Å². The molecule has 0 radical (unpaired) electrons. The van der Waals surface area contributed by atoms with Gasteiger partial charge in [0, 0.05) is 17.0 Å². The van der Waals surface area contributed by atoms with Crippen LogP contribution in [0.15, 0.2) is 30.4 Å². The summed E-state index contributed by atoms with van der Waals surface area (Å²) in [4.78, 5) is 26.4. The molecule has 1 aromatic rings. The van der Waals surface area contributed by atoms with E-state index in [1.807, 2.05) is 0 Å². The normalized spacial score (nSPS) is 40.4. The van der Waals surface area contributed by atoms with Crippen LogP contribution in [0.4, 0.5) is 5.69 Å². The molecule has 1 unspecified atom stereocenters. The van der Waals surface area contributed by atoms with Crippen LogP contribution in [0.1, 0.15) is 66.2 Å². The number of carbonyl (C=O) groups excluding carboxylic acids is 2. The summed E-state index contributed by atoms with van der Waals surface area (Å²) >= 11 is 12.2. The Morgan fingerprint density at radius 2 is 1.82 bits per heavy atom. The van der Waals surface area contributed by atoms with E-state index >= 15 is 0 Å². The van der Waals surface area contributed by atoms with E-state index in [1.165, 1.54) is 0 Å². The molecule has 3 fully saturated rings. The van der Waals surface area contributed by atoms with Gasteiger partial charge in [0.05, 0.1) is 23.1 Å². The topological polar surface area (TPSA) is 55.4 Å². The molecule has 1 saturated heterocycles. The zero-order valence-corrected chi connectivity index (χ0v) is 22.1. The standard InChI is InChI=1S/C28H35Cl2NO3/c1-25(2)11-5-12-26(3)21(25)10-13-27(4)22(26)9-7-18(28(27)15-23(32)34-16-28)24(33)31-17-6-8-19(29)20(30)14-17/h5-6,8,11,14,18,21-22H,7,9-10,12-13,15-16H2,1-4H3,(H,31,33)/t18-,21?,22-,26+,27-,28+/m1/s1. The third kappa shape index (κ3) is 3.38. The minimum absolute atomic E-state index is 0.0486. The maximum absolute atomic E-state index is 13.7. The van der Waals surface area contributed by atoms with Gasteiger partial charge >= 0.3 is 5.97 Å². The highest BCUT2D eigenvalue weighted by Gasteiger charge is 2.70. The van der Waals surface area contributed by atoms with Crippen molar-refractivity contribution < 1.29 is 14.3 Å². The monoisotopic (exact) mass is 503 g/mol. The predicted molar refractivity (Wildman–Crippen MR) is 136 cm³/mol. The fourth-order valence-corrected chi connectivity index (χ4v) is 9.05. The number of fused-ring (bicyclic) bond motifs is 4. The molecule has 0 aromatic heterocycles. The average molecular weight is 504 g/mol. The summed E-state index contributed by atoms with van der Waals surface area (Å²) in [7, 11) is 0. The van der Waals surface area contributed by atoms with Crippen molar-refractivity contribution in [2.24, 2.45) is 39.4 Å². The van der Waals surface area contributed by atoms with Crippen molar-refractivity contribution in [1.82, 2.24) is 0 Å². The van der Waals surface area contributed by atoms with Crippen molar-refractivity contribution in [2.75, 3.05) is 11.9 Å². The highest BCUT2D eigenvalue weighted by Crippen LogP contribution is 2.72. The average Bonchev–Trinajstić information content (AvgIpc) is 3.14. The van der Waals surface area contributed by atoms with Crippen LogP contribution in [-0.2, 0) is 14.3 Å². The minimum Gasteiger partial charge on any atom is -0.465 e. The summed E-state index contributed by atoms with van der Waals surface area (Å²) in [6.07, 6.45) is 10.0. The molecule has 6 atom stereocenters. The van der Waals surface area contributed by atoms with Gasteiger partial charge in [0.2, 0.25) is 5.91 Å². The Morgan fingerprint density at radius 3 is 2.50 bits per heavy atom. The predicted octanol–water partition coefficient (Wildman–Crippen LogP) is 7.30. The van der Waals surface area contributed by atoms with E-state index in [1.54, 1.807) is 18.2 Å². The van der Waals surface area contributed by atoms with Crippen LogP contribution in [0.2, 0.25) is 10.0 Å². The van der Waals surface area contributed by atoms with E-state index in [0.717, 1.165) is 32.1 Å². The first-order valence-corrected chi connectivity index (χ1v) is 13.3. The van der Waals surface area contributed by atoms with Crippen molar-refractivity contribution in [1.29, 1.82) is 0 Å². The number of hydrogen-bond donors (Lipinski definition) is 1. The number of cyclic esters (lactones) is 1. The van der Waals surface area contributed by atoms with Gasteiger partial charge in [-0.15, -0.1) is 0 Å². The van der Waals surface area contributed by atoms with Gasteiger partial charge in [-0.2, -0.15) is 0 Å². The second-order valence-electron chi connectivity index (χ2n) is 12.2. The van der Waals surface area contributed by atoms with Crippen molar-refractivity contribution in [2.45, 2.75) is 66.2 Å². The molecule has 1 heterocycles. The van der Waals surface area contributed by atoms with E-state index < -0.39 is 5.41 Å². The van der Waals surface area contributed by atoms with Crippen molar-refractivity contribution in [3.8, 4) is 0 Å². The largest absolute Gasteiger partial charge is 0.465 e. The third-order valence-electron chi connectivity index (χ3n) is 10.3. The summed E-state index contributed by atoms with van der Waals surface area (Å²) in [5.74, 6) is 0.519. The number of carbonyl (C=O) groups is 2. The maximum Gasteiger partial charge on any atom is 0.306 e. The number of hydrogen-bond acceptors (Lipinski definition) is 3. The van der Waals surface area contributed by atoms with Crippen molar-refractivity contribution in [3.63, 3.8) is 0 Å². The fraction of sp³-hybridized carbons (Fsp3) is 0.643. The van der Waals surface area contributed by atoms with E-state index in [-0.39, 0.29) is 34.0 Å². The SMILES string of the molecule is CC1(C)C=CC[C@@]2(C)C1CC[C@]1(C)[C@@H]2CC[C@H](C(=O)Nc2ccc(Cl)c(Cl)c2)[C@]12COC(=O)C2. The van der Waals surface area contributed by atoms with Gasteiger partial charge in [0.15, 0.2) is 0 Å². The summed E-state index contributed by atoms with van der Waals surface area (Å²) in [5.41, 5.74) is 0.290. The molecular weight excluding hydrogens is 469 g/mol. The summed E-state index contributed by atoms with van der Waals surface area (Å²) in [5, 5.41) is 3.94. The van der Waals surface area contributed by atoms with Crippen molar-refractivity contribution in [3.05, 3.63) is 40.4 Å². The van der Waals surface area contributed by atoms with Crippen LogP contribution in [0, 0.1) is 39.4 Å². The lowest BCUT2D eigenvalue weighted by Crippen LogP contribution is -2.64. The Morgan fingerprint density at radius 1 is 1.06 bits per heavy atom. The number of anilines is 1. The first kappa shape index (κ1) is 24.2. The lowest BCUT2D eigenvalue weighted by molar-refractivity contribution is -0.196. The molecule has 1 spiro atoms. The molecule has 1 aliphatic heterocycles. The van der Waals surface area contributed by atoms with Gasteiger partial charge in [0.1, 0.15) is 0 Å². The Bertz CT molecular complexity index is 1070. The second-order valence-corrected chi connectivity index (χ2v) is 13.1. The first-order valence-electron chi connectivity index (χ1n) is 12.5. The molecule has 2 saturated carbocycles. The molecule has 1 N–H and O–H groups in total. The quantitative estimate of drug-likeness (QED) is 0.340. The van der Waals surface area contributed by atoms with Crippen LogP contribution in [0.3, 0.4) is 0 Å². The third-order valence-corrected chi connectivity index (χ3v) is 11.1. The number of esters is 1. The number of rotatable bonds is 2. The Balaban J connectivity index is 1.51. The maximum atomic E-state index is 13.7. The molecule has 5 rings (SSSR count). The smallest absolute Gasteiger partial charge is 0.306 e. The number of halogens is 2. The molecule has 1 amide bonds. The van der Waals surface area contributed by atoms with Crippen LogP contribution < -0.4 is 5.32 Å². The van der Waals surface area contributed by atoms with Gasteiger partial charge in [-0.25, -0.2) is 0 Å². The molecular formula is C28H35Cl2NO3. The van der Waals surface area contributed by atoms with Crippen LogP contribution >= 0.6 is 23.2 Å². The van der Waals surface area contributed by atoms with Crippen LogP contribution in [-0.4, -0.2) is 18.5 Å². The highest BCUT2D eigenvalue weighted by molar-refractivity contribution is 6.42. The summed E-state index contributed by atoms with van der Waals surface area (Å²) < 4.78 is 5.66. The van der Waals surface area contributed by atoms with Gasteiger partial charge in [-0.1, -0.05) is 63.0 Å². The van der Waals surface area contributed by atoms with Gasteiger partial charge in [0.25, 0.3) is 0 Å². The van der Waals surface area contributed by atoms with Gasteiger partial charge in [-0.05, 0) is 78.4 Å². The highest BCUT2D eigenvalue weighted by atomic mass is 35.5. The first-order chi connectivity index (χ1) is 15.9. The lowest BCUT2D eigenvalue weighted by Gasteiger charge is -2.68. The number of allylic oxidation sites excluding steroid dienone is 2. The number of amides is 1. The van der Waals surface area contributed by atoms with Crippen LogP contribution in [0.25, 0.3) is 0 Å². The van der Waals surface area contributed by atoms with E-state index in [4.69, 9.17) is 27.9 Å². The number of benzene rings is 1. The van der Waals surface area contributed by atoms with E-state index in [2.05, 4.69) is 45.2 Å². The van der Waals surface area contributed by atoms with Crippen LogP contribution in [0.5, 0.6) is 0 Å². The van der Waals surface area contributed by atoms with Gasteiger partial charge in [-0.3, -0.25) is 9.59 Å². The summed E-state index contributed by atoms with van der Waals surface area (Å²) in [6, 6.07) is 5.14. The molecule has 1 aromatic carbocycles. The van der Waals surface area contributed by atoms with E-state index in [9.17, 15) is 9.59 Å². The van der Waals surface area contributed by atoms with Crippen molar-refractivity contribution >= 4 is 40.8 Å². The fourth-order valence-electron chi connectivity index (χ4n) is 8.75. The Kier molecular flexibility index (Phi) is 5.69. The number of ether oxygens (including phenoxy) is 1. The summed E-state index contributed by atoms with van der Waals surface area (Å²) in [6.45, 7) is 9.88. The molecule has 4 aliphatic rings. The molecule has 4 nitrogen and oxygen atoms in total. The molecule has 184 valence electrons. The second kappa shape index (κ2) is 8.00. The van der Waals surface area contributed by atoms with Gasteiger partial charge < -0.3 is 10.1 Å². The molecule has 34 heavy (non-hydrogen) atoms. The molecule has 3 aliphatic carbocycles. The molecule has 6 heteroatoms. The zero-order chi connectivity index (χ0) is 24.5. The van der Waals surface area contributed by atoms with E-state index in [0.29, 0.717) is 40.6 Å². The molecule has 0 bridgehead atoms. The number of nitrogens with one attached hydrogen (secondary N) is 1. The Hall–Kier alpha value is -1.52. The zero-order valence-electron chi connectivity index (χ0n) is 20.5. The minimum atomic E-state index is -0.493.